The average molecular weight is 316 g/mol. The average Bonchev–Trinajstić information content (AvgIpc) is 2.35. The first-order chi connectivity index (χ1) is 8.65. The van der Waals surface area contributed by atoms with Gasteiger partial charge in [0.2, 0.25) is 0 Å². The summed E-state index contributed by atoms with van der Waals surface area (Å²) < 4.78 is 19.2. The Hall–Kier alpha value is -0.450. The molecule has 4 heteroatoms. The van der Waals surface area contributed by atoms with E-state index in [1.165, 1.54) is 11.6 Å². The lowest BCUT2D eigenvalue weighted by molar-refractivity contribution is 0.0158. The van der Waals surface area contributed by atoms with Crippen LogP contribution >= 0.6 is 15.9 Å². The van der Waals surface area contributed by atoms with Gasteiger partial charge in [-0.15, -0.1) is 0 Å². The Balaban J connectivity index is 2.14. The van der Waals surface area contributed by atoms with Crippen molar-refractivity contribution in [1.82, 2.24) is 5.32 Å². The molecule has 18 heavy (non-hydrogen) atoms. The Morgan fingerprint density at radius 1 is 1.39 bits per heavy atom. The molecule has 0 aliphatic carbocycles. The third-order valence-corrected chi connectivity index (χ3v) is 4.28. The molecule has 0 radical (unpaired) electrons. The van der Waals surface area contributed by atoms with Crippen LogP contribution in [-0.2, 0) is 11.2 Å². The van der Waals surface area contributed by atoms with E-state index in [2.05, 4.69) is 21.2 Å². The van der Waals surface area contributed by atoms with Gasteiger partial charge in [-0.25, -0.2) is 4.39 Å². The molecular weight excluding hydrogens is 297 g/mol. The topological polar surface area (TPSA) is 21.3 Å². The second-order valence-electron chi connectivity index (χ2n) is 5.07. The number of hydrogen-bond donors (Lipinski definition) is 1. The van der Waals surface area contributed by atoms with Crippen molar-refractivity contribution >= 4 is 15.9 Å². The smallest absolute Gasteiger partial charge is 0.137 e. The molecule has 100 valence electrons. The maximum Gasteiger partial charge on any atom is 0.137 e. The van der Waals surface area contributed by atoms with Crippen LogP contribution < -0.4 is 5.32 Å². The molecule has 1 fully saturated rings. The molecule has 1 saturated heterocycles. The minimum absolute atomic E-state index is 0.201. The molecule has 1 aliphatic rings. The van der Waals surface area contributed by atoms with Crippen molar-refractivity contribution in [2.75, 3.05) is 26.8 Å². The predicted octanol–water partition coefficient (Wildman–Crippen LogP) is 3.15. The third-order valence-electron chi connectivity index (χ3n) is 3.67. The van der Waals surface area contributed by atoms with Gasteiger partial charge in [0.1, 0.15) is 5.82 Å². The third kappa shape index (κ3) is 3.31. The van der Waals surface area contributed by atoms with Crippen LogP contribution in [0.25, 0.3) is 0 Å². The summed E-state index contributed by atoms with van der Waals surface area (Å²) in [6.45, 7) is 2.62. The first kappa shape index (κ1) is 14.0. The summed E-state index contributed by atoms with van der Waals surface area (Å²) in [6.07, 6.45) is 3.09. The Morgan fingerprint density at radius 3 is 2.72 bits per heavy atom. The molecule has 0 atom stereocenters. The molecule has 0 aromatic heterocycles. The zero-order chi connectivity index (χ0) is 13.0. The summed E-state index contributed by atoms with van der Waals surface area (Å²) >= 11 is 3.25. The van der Waals surface area contributed by atoms with E-state index in [-0.39, 0.29) is 11.2 Å². The van der Waals surface area contributed by atoms with Crippen LogP contribution in [-0.4, -0.2) is 26.8 Å². The number of rotatable bonds is 4. The van der Waals surface area contributed by atoms with E-state index < -0.39 is 0 Å². The van der Waals surface area contributed by atoms with Crippen molar-refractivity contribution in [1.29, 1.82) is 0 Å². The maximum absolute atomic E-state index is 13.2. The van der Waals surface area contributed by atoms with Gasteiger partial charge in [0.25, 0.3) is 0 Å². The highest BCUT2D eigenvalue weighted by molar-refractivity contribution is 9.10. The standard InChI is InChI=1S/C14H19BrFNO/c1-17-10-14(4-6-18-7-5-14)9-11-2-3-13(16)12(15)8-11/h2-3,8,17H,4-7,9-10H2,1H3. The van der Waals surface area contributed by atoms with Crippen LogP contribution in [0.15, 0.2) is 22.7 Å². The van der Waals surface area contributed by atoms with Gasteiger partial charge >= 0.3 is 0 Å². The molecule has 0 amide bonds. The molecule has 0 bridgehead atoms. The fraction of sp³-hybridized carbons (Fsp3) is 0.571. The van der Waals surface area contributed by atoms with E-state index in [0.29, 0.717) is 4.47 Å². The van der Waals surface area contributed by atoms with E-state index in [1.807, 2.05) is 19.2 Å². The van der Waals surface area contributed by atoms with E-state index >= 15 is 0 Å². The zero-order valence-corrected chi connectivity index (χ0v) is 12.2. The van der Waals surface area contributed by atoms with Gasteiger partial charge in [0.15, 0.2) is 0 Å². The number of hydrogen-bond acceptors (Lipinski definition) is 2. The van der Waals surface area contributed by atoms with Gasteiger partial charge in [0.05, 0.1) is 4.47 Å². The van der Waals surface area contributed by atoms with Crippen LogP contribution in [0, 0.1) is 11.2 Å². The van der Waals surface area contributed by atoms with Crippen molar-refractivity contribution < 1.29 is 9.13 Å². The highest BCUT2D eigenvalue weighted by Gasteiger charge is 2.32. The summed E-state index contributed by atoms with van der Waals surface area (Å²) in [7, 11) is 1.98. The van der Waals surface area contributed by atoms with Crippen molar-refractivity contribution in [3.05, 3.63) is 34.1 Å². The zero-order valence-electron chi connectivity index (χ0n) is 10.6. The van der Waals surface area contributed by atoms with Gasteiger partial charge < -0.3 is 10.1 Å². The lowest BCUT2D eigenvalue weighted by atomic mass is 9.75. The normalized spacial score (nSPS) is 18.8. The SMILES string of the molecule is CNCC1(Cc2ccc(F)c(Br)c2)CCOCC1. The van der Waals surface area contributed by atoms with Gasteiger partial charge in [-0.2, -0.15) is 0 Å². The number of ether oxygens (including phenoxy) is 1. The molecule has 0 saturated carbocycles. The van der Waals surface area contributed by atoms with Gasteiger partial charge in [0, 0.05) is 19.8 Å². The van der Waals surface area contributed by atoms with E-state index in [4.69, 9.17) is 4.74 Å². The maximum atomic E-state index is 13.2. The van der Waals surface area contributed by atoms with Gasteiger partial charge in [-0.3, -0.25) is 0 Å². The predicted molar refractivity (Wildman–Crippen MR) is 74.2 cm³/mol. The number of benzene rings is 1. The lowest BCUT2D eigenvalue weighted by Crippen LogP contribution is -2.39. The van der Waals surface area contributed by atoms with Crippen molar-refractivity contribution in [2.45, 2.75) is 19.3 Å². The second-order valence-corrected chi connectivity index (χ2v) is 5.92. The van der Waals surface area contributed by atoms with E-state index in [9.17, 15) is 4.39 Å². The van der Waals surface area contributed by atoms with Crippen molar-refractivity contribution in [2.24, 2.45) is 5.41 Å². The minimum atomic E-state index is -0.201. The lowest BCUT2D eigenvalue weighted by Gasteiger charge is -2.37. The van der Waals surface area contributed by atoms with Crippen LogP contribution in [0.5, 0.6) is 0 Å². The molecule has 0 unspecified atom stereocenters. The summed E-state index contributed by atoms with van der Waals surface area (Å²) in [4.78, 5) is 0. The van der Waals surface area contributed by atoms with E-state index in [0.717, 1.165) is 39.0 Å². The van der Waals surface area contributed by atoms with Crippen molar-refractivity contribution in [3.8, 4) is 0 Å². The second kappa shape index (κ2) is 6.13. The monoisotopic (exact) mass is 315 g/mol. The van der Waals surface area contributed by atoms with Gasteiger partial charge in [-0.1, -0.05) is 6.07 Å². The fourth-order valence-corrected chi connectivity index (χ4v) is 3.10. The Kier molecular flexibility index (Phi) is 4.76. The molecule has 1 aromatic carbocycles. The summed E-state index contributed by atoms with van der Waals surface area (Å²) in [5.74, 6) is -0.201. The van der Waals surface area contributed by atoms with E-state index in [1.54, 1.807) is 0 Å². The largest absolute Gasteiger partial charge is 0.381 e. The first-order valence-corrected chi connectivity index (χ1v) is 7.11. The molecule has 2 nitrogen and oxygen atoms in total. The Bertz CT molecular complexity index is 399. The molecule has 0 spiro atoms. The molecular formula is C14H19BrFNO. The fourth-order valence-electron chi connectivity index (χ4n) is 2.68. The van der Waals surface area contributed by atoms with Gasteiger partial charge in [-0.05, 0) is 65.4 Å². The quantitative estimate of drug-likeness (QED) is 0.921. The molecule has 1 heterocycles. The van der Waals surface area contributed by atoms with Crippen molar-refractivity contribution in [3.63, 3.8) is 0 Å². The Labute approximate surface area is 116 Å². The first-order valence-electron chi connectivity index (χ1n) is 6.31. The summed E-state index contributed by atoms with van der Waals surface area (Å²) in [5, 5.41) is 3.28. The Morgan fingerprint density at radius 2 is 2.11 bits per heavy atom. The van der Waals surface area contributed by atoms with Crippen LogP contribution in [0.2, 0.25) is 0 Å². The number of halogens is 2. The van der Waals surface area contributed by atoms with Crippen LogP contribution in [0.4, 0.5) is 4.39 Å². The summed E-state index contributed by atoms with van der Waals surface area (Å²) in [5.41, 5.74) is 1.42. The molecule has 1 aromatic rings. The minimum Gasteiger partial charge on any atom is -0.381 e. The molecule has 1 N–H and O–H groups in total. The highest BCUT2D eigenvalue weighted by Crippen LogP contribution is 2.34. The van der Waals surface area contributed by atoms with Crippen LogP contribution in [0.1, 0.15) is 18.4 Å². The molecule has 2 rings (SSSR count). The number of nitrogens with one attached hydrogen (secondary N) is 1. The highest BCUT2D eigenvalue weighted by atomic mass is 79.9. The molecule has 1 aliphatic heterocycles. The summed E-state index contributed by atoms with van der Waals surface area (Å²) in [6, 6.07) is 5.31. The van der Waals surface area contributed by atoms with Crippen LogP contribution in [0.3, 0.4) is 0 Å².